The molecule has 3 N–H and O–H groups in total. The number of carbonyl (C=O) groups is 3. The van der Waals surface area contributed by atoms with Crippen LogP contribution in [0.25, 0.3) is 0 Å². The molecule has 0 saturated carbocycles. The molecule has 7 nitrogen and oxygen atoms in total. The van der Waals surface area contributed by atoms with Crippen molar-refractivity contribution in [3.63, 3.8) is 0 Å². The van der Waals surface area contributed by atoms with Crippen LogP contribution in [0.3, 0.4) is 0 Å². The minimum absolute atomic E-state index is 0.0397. The number of rotatable bonds is 6. The van der Waals surface area contributed by atoms with Gasteiger partial charge in [-0.05, 0) is 44.1 Å². The molecule has 1 aromatic rings. The summed E-state index contributed by atoms with van der Waals surface area (Å²) in [5.74, 6) is -0.150. The highest BCUT2D eigenvalue weighted by Gasteiger charge is 2.28. The zero-order valence-corrected chi connectivity index (χ0v) is 17.5. The van der Waals surface area contributed by atoms with E-state index >= 15 is 0 Å². The fourth-order valence-corrected chi connectivity index (χ4v) is 3.78. The third-order valence-electron chi connectivity index (χ3n) is 5.21. The van der Waals surface area contributed by atoms with Crippen LogP contribution >= 0.6 is 11.6 Å². The van der Waals surface area contributed by atoms with Gasteiger partial charge in [-0.3, -0.25) is 14.4 Å². The number of amides is 3. The Bertz CT molecular complexity index is 879. The molecule has 1 heterocycles. The van der Waals surface area contributed by atoms with Gasteiger partial charge in [0.05, 0.1) is 16.4 Å². The molecule has 0 unspecified atom stereocenters. The zero-order valence-electron chi connectivity index (χ0n) is 16.7. The van der Waals surface area contributed by atoms with Crippen molar-refractivity contribution in [1.82, 2.24) is 0 Å². The number of hydrogen-bond acceptors (Lipinski definition) is 4. The molecule has 1 aromatic carbocycles. The second-order valence-electron chi connectivity index (χ2n) is 7.80. The lowest BCUT2D eigenvalue weighted by molar-refractivity contribution is -0.121. The Hall–Kier alpha value is -2.54. The molecule has 3 amide bonds. The van der Waals surface area contributed by atoms with Gasteiger partial charge >= 0.3 is 0 Å². The number of primary amides is 1. The first kappa shape index (κ1) is 21.2. The molecule has 0 aromatic heterocycles. The van der Waals surface area contributed by atoms with Gasteiger partial charge in [-0.15, -0.1) is 0 Å². The van der Waals surface area contributed by atoms with Gasteiger partial charge in [-0.2, -0.15) is 0 Å². The van der Waals surface area contributed by atoms with Gasteiger partial charge in [0, 0.05) is 23.8 Å². The molecule has 29 heavy (non-hydrogen) atoms. The van der Waals surface area contributed by atoms with Crippen LogP contribution < -0.4 is 20.7 Å². The Morgan fingerprint density at radius 1 is 1.24 bits per heavy atom. The topological polar surface area (TPSA) is 102 Å². The van der Waals surface area contributed by atoms with E-state index in [9.17, 15) is 14.4 Å². The van der Waals surface area contributed by atoms with Gasteiger partial charge in [-0.1, -0.05) is 25.4 Å². The summed E-state index contributed by atoms with van der Waals surface area (Å²) in [4.78, 5) is 38.5. The van der Waals surface area contributed by atoms with E-state index in [1.807, 2.05) is 0 Å². The first-order chi connectivity index (χ1) is 13.8. The van der Waals surface area contributed by atoms with Gasteiger partial charge in [0.25, 0.3) is 11.8 Å². The number of nitrogens with zero attached hydrogens (tertiary/aromatic N) is 1. The third kappa shape index (κ3) is 4.72. The van der Waals surface area contributed by atoms with E-state index in [0.29, 0.717) is 58.6 Å². The Morgan fingerprint density at radius 2 is 1.93 bits per heavy atom. The maximum absolute atomic E-state index is 12.8. The Kier molecular flexibility index (Phi) is 6.47. The molecular weight excluding hydrogens is 394 g/mol. The summed E-state index contributed by atoms with van der Waals surface area (Å²) in [5, 5.41) is 3.08. The number of anilines is 2. The summed E-state index contributed by atoms with van der Waals surface area (Å²) in [6.45, 7) is 4.70. The van der Waals surface area contributed by atoms with Crippen LogP contribution in [0.1, 0.15) is 46.0 Å². The smallest absolute Gasteiger partial charge is 0.265 e. The second-order valence-corrected chi connectivity index (χ2v) is 8.21. The summed E-state index contributed by atoms with van der Waals surface area (Å²) in [7, 11) is 0. The predicted octanol–water partition coefficient (Wildman–Crippen LogP) is 3.41. The Labute approximate surface area is 175 Å². The van der Waals surface area contributed by atoms with E-state index in [1.165, 1.54) is 0 Å². The molecule has 1 aliphatic heterocycles. The van der Waals surface area contributed by atoms with Crippen molar-refractivity contribution in [2.24, 2.45) is 11.7 Å². The molecule has 1 aliphatic carbocycles. The quantitative estimate of drug-likeness (QED) is 0.737. The molecule has 156 valence electrons. The minimum Gasteiger partial charge on any atom is -0.482 e. The molecule has 8 heteroatoms. The van der Waals surface area contributed by atoms with Crippen molar-refractivity contribution >= 4 is 40.7 Å². The number of carbonyl (C=O) groups excluding carboxylic acids is 3. The molecule has 0 fully saturated rings. The number of fused-ring (bicyclic) bond motifs is 1. The van der Waals surface area contributed by atoms with Gasteiger partial charge < -0.3 is 20.7 Å². The van der Waals surface area contributed by atoms with E-state index in [-0.39, 0.29) is 12.5 Å². The predicted molar refractivity (Wildman–Crippen MR) is 112 cm³/mol. The van der Waals surface area contributed by atoms with E-state index in [4.69, 9.17) is 22.1 Å². The Morgan fingerprint density at radius 3 is 2.59 bits per heavy atom. The first-order valence-electron chi connectivity index (χ1n) is 9.87. The monoisotopic (exact) mass is 419 g/mol. The SMILES string of the molecule is CC(C)CCN1C(=O)COc2cc(Cl)c(NC(=O)C3=C(C(N)=O)CCCC3)cc21. The highest BCUT2D eigenvalue weighted by atomic mass is 35.5. The number of benzene rings is 1. The summed E-state index contributed by atoms with van der Waals surface area (Å²) in [6.07, 6.45) is 3.49. The largest absolute Gasteiger partial charge is 0.482 e. The molecule has 3 rings (SSSR count). The average molecular weight is 420 g/mol. The minimum atomic E-state index is -0.565. The van der Waals surface area contributed by atoms with Crippen LogP contribution in [-0.4, -0.2) is 30.9 Å². The van der Waals surface area contributed by atoms with Gasteiger partial charge in [0.2, 0.25) is 5.91 Å². The maximum atomic E-state index is 12.8. The summed E-state index contributed by atoms with van der Waals surface area (Å²) in [5.41, 5.74) is 7.16. The zero-order chi connectivity index (χ0) is 21.1. The number of halogens is 1. The van der Waals surface area contributed by atoms with Crippen LogP contribution in [-0.2, 0) is 14.4 Å². The van der Waals surface area contributed by atoms with Crippen LogP contribution in [0, 0.1) is 5.92 Å². The highest BCUT2D eigenvalue weighted by Crippen LogP contribution is 2.40. The summed E-state index contributed by atoms with van der Waals surface area (Å²) >= 11 is 6.35. The lowest BCUT2D eigenvalue weighted by Crippen LogP contribution is -2.39. The van der Waals surface area contributed by atoms with E-state index in [0.717, 1.165) is 19.3 Å². The summed E-state index contributed by atoms with van der Waals surface area (Å²) < 4.78 is 5.52. The number of hydrogen-bond donors (Lipinski definition) is 2. The molecule has 0 radical (unpaired) electrons. The van der Waals surface area contributed by atoms with Gasteiger partial charge in [0.1, 0.15) is 5.75 Å². The normalized spacial score (nSPS) is 16.6. The molecular formula is C21H26ClN3O4. The van der Waals surface area contributed by atoms with Crippen molar-refractivity contribution in [3.05, 3.63) is 28.3 Å². The molecule has 0 spiro atoms. The van der Waals surface area contributed by atoms with Crippen molar-refractivity contribution in [3.8, 4) is 5.75 Å². The summed E-state index contributed by atoms with van der Waals surface area (Å²) in [6, 6.07) is 3.26. The van der Waals surface area contributed by atoms with E-state index in [1.54, 1.807) is 17.0 Å². The van der Waals surface area contributed by atoms with Crippen LogP contribution in [0.2, 0.25) is 5.02 Å². The van der Waals surface area contributed by atoms with Crippen molar-refractivity contribution in [1.29, 1.82) is 0 Å². The van der Waals surface area contributed by atoms with Gasteiger partial charge in [0.15, 0.2) is 6.61 Å². The van der Waals surface area contributed by atoms with Crippen LogP contribution in [0.4, 0.5) is 11.4 Å². The fraction of sp³-hybridized carbons (Fsp3) is 0.476. The van der Waals surface area contributed by atoms with Crippen LogP contribution in [0.5, 0.6) is 5.75 Å². The van der Waals surface area contributed by atoms with Crippen LogP contribution in [0.15, 0.2) is 23.3 Å². The molecule has 0 bridgehead atoms. The second kappa shape index (κ2) is 8.86. The maximum Gasteiger partial charge on any atom is 0.265 e. The first-order valence-corrected chi connectivity index (χ1v) is 10.3. The standard InChI is InChI=1S/C21H26ClN3O4/c1-12(2)7-8-25-17-10-16(15(22)9-18(17)29-11-19(25)26)24-21(28)14-6-4-3-5-13(14)20(23)27/h9-10,12H,3-8,11H2,1-2H3,(H2,23,27)(H,24,28). The average Bonchev–Trinajstić information content (AvgIpc) is 2.68. The van der Waals surface area contributed by atoms with E-state index < -0.39 is 11.8 Å². The molecule has 2 aliphatic rings. The van der Waals surface area contributed by atoms with Crippen molar-refractivity contribution in [2.45, 2.75) is 46.0 Å². The number of nitrogens with two attached hydrogens (primary N) is 1. The van der Waals surface area contributed by atoms with Gasteiger partial charge in [-0.25, -0.2) is 0 Å². The Balaban J connectivity index is 1.90. The number of ether oxygens (including phenoxy) is 1. The van der Waals surface area contributed by atoms with Crippen molar-refractivity contribution < 1.29 is 19.1 Å². The lowest BCUT2D eigenvalue weighted by Gasteiger charge is -2.30. The van der Waals surface area contributed by atoms with Crippen molar-refractivity contribution in [2.75, 3.05) is 23.4 Å². The number of nitrogens with one attached hydrogen (secondary N) is 1. The molecule has 0 atom stereocenters. The third-order valence-corrected chi connectivity index (χ3v) is 5.52. The lowest BCUT2D eigenvalue weighted by atomic mass is 9.90. The fourth-order valence-electron chi connectivity index (χ4n) is 3.58. The molecule has 0 saturated heterocycles. The van der Waals surface area contributed by atoms with E-state index in [2.05, 4.69) is 19.2 Å². The highest BCUT2D eigenvalue weighted by molar-refractivity contribution is 6.34.